The van der Waals surface area contributed by atoms with Crippen molar-refractivity contribution in [2.45, 2.75) is 58.7 Å². The van der Waals surface area contributed by atoms with Crippen molar-refractivity contribution in [3.05, 3.63) is 35.4 Å². The summed E-state index contributed by atoms with van der Waals surface area (Å²) in [5.41, 5.74) is 2.36. The summed E-state index contributed by atoms with van der Waals surface area (Å²) in [6.07, 6.45) is 3.17. The summed E-state index contributed by atoms with van der Waals surface area (Å²) in [5.74, 6) is -2.51. The summed E-state index contributed by atoms with van der Waals surface area (Å²) >= 11 is 0. The van der Waals surface area contributed by atoms with E-state index in [4.69, 9.17) is 4.74 Å². The highest BCUT2D eigenvalue weighted by Crippen LogP contribution is 2.28. The first kappa shape index (κ1) is 23.3. The number of carboxylic acids is 1. The van der Waals surface area contributed by atoms with Gasteiger partial charge in [-0.2, -0.15) is 0 Å². The molecule has 7 nitrogen and oxygen atoms in total. The summed E-state index contributed by atoms with van der Waals surface area (Å²) < 4.78 is 6.03. The first-order valence-corrected chi connectivity index (χ1v) is 11.4. The Morgan fingerprint density at radius 1 is 1.00 bits per heavy atom. The molecule has 0 aliphatic carbocycles. The average Bonchev–Trinajstić information content (AvgIpc) is 2.78. The second kappa shape index (κ2) is 10.8. The van der Waals surface area contributed by atoms with E-state index in [0.717, 1.165) is 24.8 Å². The van der Waals surface area contributed by atoms with Gasteiger partial charge in [-0.3, -0.25) is 14.4 Å². The largest absolute Gasteiger partial charge is 0.481 e. The molecule has 2 fully saturated rings. The number of likely N-dealkylation sites (tertiary alicyclic amines) is 2. The van der Waals surface area contributed by atoms with Crippen LogP contribution in [0.5, 0.6) is 0 Å². The molecule has 1 aromatic carbocycles. The molecular formula is C24H34N2O5. The number of nitrogens with zero attached hydrogens (tertiary/aromatic N) is 2. The quantitative estimate of drug-likeness (QED) is 0.719. The van der Waals surface area contributed by atoms with E-state index in [2.05, 4.69) is 31.2 Å². The van der Waals surface area contributed by atoms with Crippen molar-refractivity contribution in [2.24, 2.45) is 11.8 Å². The lowest BCUT2D eigenvalue weighted by atomic mass is 9.83. The second-order valence-corrected chi connectivity index (χ2v) is 8.75. The van der Waals surface area contributed by atoms with Crippen molar-refractivity contribution in [2.75, 3.05) is 26.2 Å². The number of piperidine rings is 2. The number of carbonyl (C=O) groups excluding carboxylic acids is 2. The van der Waals surface area contributed by atoms with Crippen molar-refractivity contribution in [1.29, 1.82) is 0 Å². The van der Waals surface area contributed by atoms with Crippen LogP contribution in [0.2, 0.25) is 0 Å². The molecule has 7 heteroatoms. The van der Waals surface area contributed by atoms with Gasteiger partial charge in [0.05, 0.1) is 24.5 Å². The third-order valence-electron chi connectivity index (χ3n) is 6.42. The zero-order chi connectivity index (χ0) is 22.4. The Balaban J connectivity index is 1.50. The van der Waals surface area contributed by atoms with Gasteiger partial charge in [0.15, 0.2) is 0 Å². The van der Waals surface area contributed by atoms with E-state index in [-0.39, 0.29) is 24.5 Å². The topological polar surface area (TPSA) is 87.2 Å². The van der Waals surface area contributed by atoms with E-state index in [1.807, 2.05) is 6.92 Å². The normalized spacial score (nSPS) is 22.4. The number of aryl methyl sites for hydroxylation is 1. The smallest absolute Gasteiger partial charge is 0.309 e. The van der Waals surface area contributed by atoms with Crippen LogP contribution in [0.25, 0.3) is 0 Å². The van der Waals surface area contributed by atoms with Gasteiger partial charge < -0.3 is 19.6 Å². The Hall–Kier alpha value is -2.41. The molecule has 0 spiro atoms. The lowest BCUT2D eigenvalue weighted by Gasteiger charge is -2.40. The fourth-order valence-corrected chi connectivity index (χ4v) is 4.47. The molecular weight excluding hydrogens is 396 g/mol. The summed E-state index contributed by atoms with van der Waals surface area (Å²) in [6, 6.07) is 8.27. The average molecular weight is 431 g/mol. The number of ether oxygens (including phenoxy) is 1. The Kier molecular flexibility index (Phi) is 8.07. The van der Waals surface area contributed by atoms with Gasteiger partial charge in [-0.05, 0) is 38.2 Å². The predicted octanol–water partition coefficient (Wildman–Crippen LogP) is 2.85. The maximum absolute atomic E-state index is 13.1. The predicted molar refractivity (Wildman–Crippen MR) is 116 cm³/mol. The van der Waals surface area contributed by atoms with Crippen molar-refractivity contribution < 1.29 is 24.2 Å². The van der Waals surface area contributed by atoms with Crippen LogP contribution in [0.1, 0.15) is 50.2 Å². The summed E-state index contributed by atoms with van der Waals surface area (Å²) in [4.78, 5) is 40.5. The minimum absolute atomic E-state index is 0.0220. The SMILES string of the molecule is CCCC(=O)N1CC[C@H](C(=O)N2CCC(OCc3ccc(C)cc3)CC2)C(C(=O)O)C1. The lowest BCUT2D eigenvalue weighted by molar-refractivity contribution is -0.157. The van der Waals surface area contributed by atoms with Crippen LogP contribution in [-0.2, 0) is 25.7 Å². The number of benzene rings is 1. The van der Waals surface area contributed by atoms with Crippen LogP contribution in [0.4, 0.5) is 0 Å². The number of hydrogen-bond acceptors (Lipinski definition) is 4. The zero-order valence-corrected chi connectivity index (χ0v) is 18.6. The molecule has 2 aliphatic rings. The highest BCUT2D eigenvalue weighted by atomic mass is 16.5. The van der Waals surface area contributed by atoms with Crippen LogP contribution in [-0.4, -0.2) is 65.0 Å². The molecule has 2 amide bonds. The van der Waals surface area contributed by atoms with Gasteiger partial charge in [-0.1, -0.05) is 36.8 Å². The molecule has 1 unspecified atom stereocenters. The number of amides is 2. The fraction of sp³-hybridized carbons (Fsp3) is 0.625. The second-order valence-electron chi connectivity index (χ2n) is 8.75. The monoisotopic (exact) mass is 430 g/mol. The molecule has 2 aliphatic heterocycles. The summed E-state index contributed by atoms with van der Waals surface area (Å²) in [6.45, 7) is 6.29. The van der Waals surface area contributed by atoms with Crippen LogP contribution < -0.4 is 0 Å². The zero-order valence-electron chi connectivity index (χ0n) is 18.6. The molecule has 170 valence electrons. The van der Waals surface area contributed by atoms with Gasteiger partial charge in [0.25, 0.3) is 0 Å². The first-order chi connectivity index (χ1) is 14.9. The Morgan fingerprint density at radius 2 is 1.65 bits per heavy atom. The fourth-order valence-electron chi connectivity index (χ4n) is 4.47. The summed E-state index contributed by atoms with van der Waals surface area (Å²) in [7, 11) is 0. The summed E-state index contributed by atoms with van der Waals surface area (Å²) in [5, 5.41) is 9.69. The maximum atomic E-state index is 13.1. The Morgan fingerprint density at radius 3 is 2.26 bits per heavy atom. The highest BCUT2D eigenvalue weighted by Gasteiger charge is 2.42. The number of aliphatic carboxylic acids is 1. The maximum Gasteiger partial charge on any atom is 0.309 e. The van der Waals surface area contributed by atoms with E-state index < -0.39 is 17.8 Å². The first-order valence-electron chi connectivity index (χ1n) is 11.4. The Bertz CT molecular complexity index is 771. The number of carboxylic acid groups (broad SMARTS) is 1. The van der Waals surface area contributed by atoms with E-state index >= 15 is 0 Å². The van der Waals surface area contributed by atoms with E-state index in [0.29, 0.717) is 39.1 Å². The van der Waals surface area contributed by atoms with E-state index in [9.17, 15) is 19.5 Å². The van der Waals surface area contributed by atoms with Gasteiger partial charge in [-0.15, -0.1) is 0 Å². The van der Waals surface area contributed by atoms with Gasteiger partial charge in [0.2, 0.25) is 11.8 Å². The Labute approximate surface area is 184 Å². The molecule has 3 rings (SSSR count). The highest BCUT2D eigenvalue weighted by molar-refractivity contribution is 5.86. The number of rotatable bonds is 7. The van der Waals surface area contributed by atoms with Crippen molar-refractivity contribution in [1.82, 2.24) is 9.80 Å². The van der Waals surface area contributed by atoms with Crippen molar-refractivity contribution in [3.8, 4) is 0 Å². The van der Waals surface area contributed by atoms with E-state index in [1.165, 1.54) is 5.56 Å². The number of carbonyl (C=O) groups is 3. The van der Waals surface area contributed by atoms with Crippen LogP contribution in [0.3, 0.4) is 0 Å². The van der Waals surface area contributed by atoms with Crippen LogP contribution in [0.15, 0.2) is 24.3 Å². The van der Waals surface area contributed by atoms with Crippen LogP contribution in [0, 0.1) is 18.8 Å². The number of hydrogen-bond donors (Lipinski definition) is 1. The van der Waals surface area contributed by atoms with Gasteiger partial charge in [0, 0.05) is 32.6 Å². The molecule has 1 aromatic rings. The minimum Gasteiger partial charge on any atom is -0.481 e. The molecule has 0 bridgehead atoms. The van der Waals surface area contributed by atoms with Gasteiger partial charge in [-0.25, -0.2) is 0 Å². The van der Waals surface area contributed by atoms with E-state index in [1.54, 1.807) is 9.80 Å². The van der Waals surface area contributed by atoms with Crippen LogP contribution >= 0.6 is 0 Å². The molecule has 31 heavy (non-hydrogen) atoms. The van der Waals surface area contributed by atoms with Gasteiger partial charge >= 0.3 is 5.97 Å². The third-order valence-corrected chi connectivity index (χ3v) is 6.42. The molecule has 1 N–H and O–H groups in total. The molecule has 0 aromatic heterocycles. The van der Waals surface area contributed by atoms with Crippen molar-refractivity contribution in [3.63, 3.8) is 0 Å². The van der Waals surface area contributed by atoms with Gasteiger partial charge in [0.1, 0.15) is 0 Å². The molecule has 2 saturated heterocycles. The minimum atomic E-state index is -0.997. The molecule has 2 heterocycles. The lowest BCUT2D eigenvalue weighted by Crippen LogP contribution is -2.53. The van der Waals surface area contributed by atoms with Crippen molar-refractivity contribution >= 4 is 17.8 Å². The molecule has 2 atom stereocenters. The molecule has 0 saturated carbocycles. The molecule has 0 radical (unpaired) electrons. The standard InChI is InChI=1S/C24H34N2O5/c1-3-4-22(27)26-14-11-20(21(15-26)24(29)30)23(28)25-12-9-19(10-13-25)31-16-18-7-5-17(2)6-8-18/h5-8,19-21H,3-4,9-16H2,1-2H3,(H,29,30)/t20-,21?/m0/s1. The third kappa shape index (κ3) is 6.06.